The van der Waals surface area contributed by atoms with Crippen molar-refractivity contribution in [2.24, 2.45) is 0 Å². The first-order valence-electron chi connectivity index (χ1n) is 4.79. The van der Waals surface area contributed by atoms with E-state index in [0.29, 0.717) is 0 Å². The first kappa shape index (κ1) is 11.2. The van der Waals surface area contributed by atoms with Crippen molar-refractivity contribution in [3.63, 3.8) is 0 Å². The molecule has 0 N–H and O–H groups in total. The molecule has 0 heteroatoms. The van der Waals surface area contributed by atoms with E-state index in [-0.39, 0.29) is 0 Å². The van der Waals surface area contributed by atoms with Gasteiger partial charge in [-0.2, -0.15) is 0 Å². The Hall–Kier alpha value is -0.780. The molecule has 0 amide bonds. The van der Waals surface area contributed by atoms with Gasteiger partial charge in [-0.1, -0.05) is 36.5 Å². The maximum Gasteiger partial charge on any atom is -0.0316 e. The summed E-state index contributed by atoms with van der Waals surface area (Å²) in [6.45, 7) is 4.13. The fourth-order valence-corrected chi connectivity index (χ4v) is 0.954. The molecule has 0 aliphatic rings. The van der Waals surface area contributed by atoms with Gasteiger partial charge in [-0.05, 0) is 39.5 Å². The maximum absolute atomic E-state index is 2.27. The third-order valence-electron chi connectivity index (χ3n) is 1.64. The average Bonchev–Trinajstić information content (AvgIpc) is 2.10. The molecule has 0 aromatic heterocycles. The molecular weight excluding hydrogens is 144 g/mol. The third kappa shape index (κ3) is 9.22. The largest absolute Gasteiger partial charge is 0.0917 e. The van der Waals surface area contributed by atoms with Crippen LogP contribution >= 0.6 is 0 Å². The summed E-state index contributed by atoms with van der Waals surface area (Å²) in [5.74, 6) is 0. The smallest absolute Gasteiger partial charge is 0.0316 e. The summed E-state index contributed by atoms with van der Waals surface area (Å²) in [6.07, 6.45) is 17.9. The van der Waals surface area contributed by atoms with E-state index in [1.165, 1.54) is 25.7 Å². The molecule has 0 spiro atoms. The summed E-state index contributed by atoms with van der Waals surface area (Å²) in [6, 6.07) is 0. The van der Waals surface area contributed by atoms with Crippen LogP contribution in [-0.4, -0.2) is 0 Å². The SMILES string of the molecule is C/C=C/CC/C=C\CC/C=C/C. The summed E-state index contributed by atoms with van der Waals surface area (Å²) in [5.41, 5.74) is 0. The van der Waals surface area contributed by atoms with Crippen LogP contribution < -0.4 is 0 Å². The van der Waals surface area contributed by atoms with Gasteiger partial charge in [0.15, 0.2) is 0 Å². The van der Waals surface area contributed by atoms with Crippen LogP contribution in [0.5, 0.6) is 0 Å². The van der Waals surface area contributed by atoms with Crippen LogP contribution in [0.1, 0.15) is 39.5 Å². The summed E-state index contributed by atoms with van der Waals surface area (Å²) in [4.78, 5) is 0. The van der Waals surface area contributed by atoms with E-state index >= 15 is 0 Å². The van der Waals surface area contributed by atoms with E-state index in [4.69, 9.17) is 0 Å². The van der Waals surface area contributed by atoms with Crippen LogP contribution in [0.2, 0.25) is 0 Å². The standard InChI is InChI=1S/C12H20/c1-3-5-7-9-11-12-10-8-6-4-2/h3-6,11-12H,7-10H2,1-2H3/b5-3+,6-4+,12-11-. The molecule has 0 unspecified atom stereocenters. The lowest BCUT2D eigenvalue weighted by atomic mass is 10.2. The lowest BCUT2D eigenvalue weighted by Crippen LogP contribution is -1.66. The zero-order valence-electron chi connectivity index (χ0n) is 8.29. The van der Waals surface area contributed by atoms with E-state index in [1.807, 2.05) is 0 Å². The Morgan fingerprint density at radius 3 is 1.25 bits per heavy atom. The van der Waals surface area contributed by atoms with Crippen LogP contribution in [0.15, 0.2) is 36.5 Å². The summed E-state index contributed by atoms with van der Waals surface area (Å²) < 4.78 is 0. The number of unbranched alkanes of at least 4 members (excludes halogenated alkanes) is 2. The molecule has 0 bridgehead atoms. The zero-order valence-corrected chi connectivity index (χ0v) is 8.29. The maximum atomic E-state index is 2.27. The Kier molecular flexibility index (Phi) is 9.56. The van der Waals surface area contributed by atoms with Gasteiger partial charge >= 0.3 is 0 Å². The van der Waals surface area contributed by atoms with Gasteiger partial charge in [-0.15, -0.1) is 0 Å². The van der Waals surface area contributed by atoms with Gasteiger partial charge in [0.05, 0.1) is 0 Å². The van der Waals surface area contributed by atoms with Crippen molar-refractivity contribution in [3.05, 3.63) is 36.5 Å². The second kappa shape index (κ2) is 10.2. The fraction of sp³-hybridized carbons (Fsp3) is 0.500. The molecule has 68 valence electrons. The second-order valence-corrected chi connectivity index (χ2v) is 2.76. The van der Waals surface area contributed by atoms with Gasteiger partial charge in [-0.25, -0.2) is 0 Å². The molecule has 0 atom stereocenters. The van der Waals surface area contributed by atoms with Crippen molar-refractivity contribution < 1.29 is 0 Å². The Labute approximate surface area is 76.7 Å². The minimum Gasteiger partial charge on any atom is -0.0917 e. The second-order valence-electron chi connectivity index (χ2n) is 2.76. The molecule has 0 nitrogen and oxygen atoms in total. The van der Waals surface area contributed by atoms with E-state index < -0.39 is 0 Å². The van der Waals surface area contributed by atoms with Crippen LogP contribution in [0, 0.1) is 0 Å². The molecule has 0 saturated heterocycles. The van der Waals surface area contributed by atoms with Gasteiger partial charge < -0.3 is 0 Å². The predicted octanol–water partition coefficient (Wildman–Crippen LogP) is 4.26. The van der Waals surface area contributed by atoms with E-state index in [9.17, 15) is 0 Å². The molecule has 0 aromatic carbocycles. The Bertz CT molecular complexity index is 131. The van der Waals surface area contributed by atoms with Gasteiger partial charge in [-0.3, -0.25) is 0 Å². The van der Waals surface area contributed by atoms with Crippen LogP contribution in [-0.2, 0) is 0 Å². The van der Waals surface area contributed by atoms with Crippen molar-refractivity contribution >= 4 is 0 Å². The number of rotatable bonds is 6. The molecule has 0 radical (unpaired) electrons. The van der Waals surface area contributed by atoms with Gasteiger partial charge in [0.2, 0.25) is 0 Å². The molecule has 0 aliphatic carbocycles. The number of hydrogen-bond acceptors (Lipinski definition) is 0. The third-order valence-corrected chi connectivity index (χ3v) is 1.64. The average molecular weight is 164 g/mol. The quantitative estimate of drug-likeness (QED) is 0.406. The monoisotopic (exact) mass is 164 g/mol. The topological polar surface area (TPSA) is 0 Å². The molecule has 12 heavy (non-hydrogen) atoms. The Balaban J connectivity index is 3.14. The normalized spacial score (nSPS) is 12.5. The van der Waals surface area contributed by atoms with Crippen LogP contribution in [0.25, 0.3) is 0 Å². The predicted molar refractivity (Wildman–Crippen MR) is 57.2 cm³/mol. The van der Waals surface area contributed by atoms with E-state index in [0.717, 1.165) is 0 Å². The molecule has 0 aromatic rings. The van der Waals surface area contributed by atoms with E-state index in [1.54, 1.807) is 0 Å². The minimum absolute atomic E-state index is 1.18. The number of hydrogen-bond donors (Lipinski definition) is 0. The van der Waals surface area contributed by atoms with Gasteiger partial charge in [0, 0.05) is 0 Å². The highest BCUT2D eigenvalue weighted by atomic mass is 13.8. The van der Waals surface area contributed by atoms with Gasteiger partial charge in [0.1, 0.15) is 0 Å². The fourth-order valence-electron chi connectivity index (χ4n) is 0.954. The Morgan fingerprint density at radius 2 is 0.917 bits per heavy atom. The van der Waals surface area contributed by atoms with E-state index in [2.05, 4.69) is 50.3 Å². The van der Waals surface area contributed by atoms with Gasteiger partial charge in [0.25, 0.3) is 0 Å². The lowest BCUT2D eigenvalue weighted by Gasteiger charge is -1.87. The first-order chi connectivity index (χ1) is 5.91. The van der Waals surface area contributed by atoms with Crippen molar-refractivity contribution in [1.29, 1.82) is 0 Å². The Morgan fingerprint density at radius 1 is 0.583 bits per heavy atom. The molecule has 0 saturated carbocycles. The molecule has 0 aliphatic heterocycles. The molecule has 0 rings (SSSR count). The summed E-state index contributed by atoms with van der Waals surface area (Å²) in [7, 11) is 0. The number of allylic oxidation sites excluding steroid dienone is 6. The van der Waals surface area contributed by atoms with Crippen LogP contribution in [0.4, 0.5) is 0 Å². The molecular formula is C12H20. The highest BCUT2D eigenvalue weighted by Gasteiger charge is 1.76. The molecule has 0 heterocycles. The highest BCUT2D eigenvalue weighted by Crippen LogP contribution is 1.97. The zero-order chi connectivity index (χ0) is 9.07. The van der Waals surface area contributed by atoms with Crippen molar-refractivity contribution in [2.45, 2.75) is 39.5 Å². The summed E-state index contributed by atoms with van der Waals surface area (Å²) in [5, 5.41) is 0. The van der Waals surface area contributed by atoms with Crippen molar-refractivity contribution in [2.75, 3.05) is 0 Å². The minimum atomic E-state index is 1.18. The van der Waals surface area contributed by atoms with Crippen molar-refractivity contribution in [1.82, 2.24) is 0 Å². The van der Waals surface area contributed by atoms with Crippen molar-refractivity contribution in [3.8, 4) is 0 Å². The highest BCUT2D eigenvalue weighted by molar-refractivity contribution is 4.88. The summed E-state index contributed by atoms with van der Waals surface area (Å²) >= 11 is 0. The lowest BCUT2D eigenvalue weighted by molar-refractivity contribution is 1.00. The molecule has 0 fully saturated rings. The van der Waals surface area contributed by atoms with Crippen LogP contribution in [0.3, 0.4) is 0 Å². The first-order valence-corrected chi connectivity index (χ1v) is 4.79.